The molecular weight excluding hydrogens is 384 g/mol. The summed E-state index contributed by atoms with van der Waals surface area (Å²) >= 11 is 11.8. The molecule has 0 unspecified atom stereocenters. The Kier molecular flexibility index (Phi) is 4.38. The van der Waals surface area contributed by atoms with Crippen LogP contribution in [0.25, 0.3) is 0 Å². The van der Waals surface area contributed by atoms with Gasteiger partial charge >= 0.3 is 12.1 Å². The van der Waals surface area contributed by atoms with Gasteiger partial charge in [0.2, 0.25) is 0 Å². The predicted octanol–water partition coefficient (Wildman–Crippen LogP) is 3.35. The maximum Gasteiger partial charge on any atom is 0.471 e. The molecule has 3 rings (SSSR count). The summed E-state index contributed by atoms with van der Waals surface area (Å²) in [6.07, 6.45) is -4.06. The van der Waals surface area contributed by atoms with Crippen LogP contribution in [-0.4, -0.2) is 34.3 Å². The first-order valence-electron chi connectivity index (χ1n) is 6.89. The maximum atomic E-state index is 12.7. The van der Waals surface area contributed by atoms with Crippen LogP contribution in [0.4, 0.5) is 24.5 Å². The molecule has 0 aliphatic carbocycles. The van der Waals surface area contributed by atoms with E-state index in [0.29, 0.717) is 10.7 Å². The number of hydrogen-bond acceptors (Lipinski definition) is 3. The standard InChI is InChI=1S/C14H9Cl2F3N4O2/c15-8-2-1-7(5-9(8)16)22-3-4-23-11(12(22)24)10(6-20-23)21-13(25)14(17,18)19/h1-2,5-6H,3-4H2,(H,21,25). The van der Waals surface area contributed by atoms with Gasteiger partial charge in [0.05, 0.1) is 28.5 Å². The topological polar surface area (TPSA) is 67.2 Å². The van der Waals surface area contributed by atoms with E-state index in [1.54, 1.807) is 11.4 Å². The summed E-state index contributed by atoms with van der Waals surface area (Å²) in [6, 6.07) is 4.54. The van der Waals surface area contributed by atoms with Crippen molar-refractivity contribution in [2.24, 2.45) is 0 Å². The summed E-state index contributed by atoms with van der Waals surface area (Å²) < 4.78 is 38.5. The van der Waals surface area contributed by atoms with Gasteiger partial charge in [-0.2, -0.15) is 18.3 Å². The molecular formula is C14H9Cl2F3N4O2. The number of fused-ring (bicyclic) bond motifs is 1. The number of amides is 2. The molecule has 0 saturated carbocycles. The van der Waals surface area contributed by atoms with Gasteiger partial charge in [-0.1, -0.05) is 23.2 Å². The van der Waals surface area contributed by atoms with Gasteiger partial charge < -0.3 is 10.2 Å². The lowest BCUT2D eigenvalue weighted by Gasteiger charge is -2.28. The lowest BCUT2D eigenvalue weighted by Crippen LogP contribution is -2.41. The molecule has 6 nitrogen and oxygen atoms in total. The molecule has 1 aromatic carbocycles. The minimum Gasteiger partial charge on any atom is -0.315 e. The Morgan fingerprint density at radius 2 is 1.92 bits per heavy atom. The second-order valence-corrected chi connectivity index (χ2v) is 5.95. The molecule has 1 aliphatic rings. The third-order valence-electron chi connectivity index (χ3n) is 3.54. The number of anilines is 2. The number of hydrogen-bond donors (Lipinski definition) is 1. The second kappa shape index (κ2) is 6.23. The van der Waals surface area contributed by atoms with E-state index in [2.05, 4.69) is 5.10 Å². The molecule has 1 aromatic heterocycles. The van der Waals surface area contributed by atoms with E-state index in [0.717, 1.165) is 6.20 Å². The van der Waals surface area contributed by atoms with E-state index < -0.39 is 18.0 Å². The summed E-state index contributed by atoms with van der Waals surface area (Å²) in [4.78, 5) is 25.1. The fourth-order valence-corrected chi connectivity index (χ4v) is 2.68. The van der Waals surface area contributed by atoms with E-state index in [-0.39, 0.29) is 29.5 Å². The van der Waals surface area contributed by atoms with E-state index in [1.165, 1.54) is 21.7 Å². The second-order valence-electron chi connectivity index (χ2n) is 5.14. The Hall–Kier alpha value is -2.26. The molecule has 0 bridgehead atoms. The number of carbonyl (C=O) groups is 2. The number of alkyl halides is 3. The van der Waals surface area contributed by atoms with Gasteiger partial charge in [0.1, 0.15) is 5.69 Å². The molecule has 2 aromatic rings. The van der Waals surface area contributed by atoms with E-state index in [9.17, 15) is 22.8 Å². The lowest BCUT2D eigenvalue weighted by molar-refractivity contribution is -0.167. The van der Waals surface area contributed by atoms with Crippen molar-refractivity contribution in [3.8, 4) is 0 Å². The first-order chi connectivity index (χ1) is 11.7. The summed E-state index contributed by atoms with van der Waals surface area (Å²) in [6.45, 7) is 0.474. The summed E-state index contributed by atoms with van der Waals surface area (Å²) in [5.41, 5.74) is -0.0213. The maximum absolute atomic E-state index is 12.7. The fraction of sp³-hybridized carbons (Fsp3) is 0.214. The number of aromatic nitrogens is 2. The highest BCUT2D eigenvalue weighted by Gasteiger charge is 2.40. The molecule has 2 amide bonds. The molecule has 25 heavy (non-hydrogen) atoms. The Morgan fingerprint density at radius 3 is 2.56 bits per heavy atom. The van der Waals surface area contributed by atoms with Crippen LogP contribution >= 0.6 is 23.2 Å². The molecule has 1 aliphatic heterocycles. The number of nitrogens with zero attached hydrogens (tertiary/aromatic N) is 3. The zero-order valence-corrected chi connectivity index (χ0v) is 13.8. The number of halogens is 5. The SMILES string of the molecule is O=C1c2c(NC(=O)C(F)(F)F)cnn2CCN1c1ccc(Cl)c(Cl)c1. The number of carbonyl (C=O) groups excluding carboxylic acids is 2. The van der Waals surface area contributed by atoms with Crippen molar-refractivity contribution in [3.05, 3.63) is 40.1 Å². The van der Waals surface area contributed by atoms with Crippen LogP contribution in [0.3, 0.4) is 0 Å². The van der Waals surface area contributed by atoms with Gasteiger partial charge in [-0.05, 0) is 18.2 Å². The van der Waals surface area contributed by atoms with Crippen molar-refractivity contribution in [2.75, 3.05) is 16.8 Å². The van der Waals surface area contributed by atoms with Crippen molar-refractivity contribution < 1.29 is 22.8 Å². The van der Waals surface area contributed by atoms with Gasteiger partial charge in [0, 0.05) is 12.2 Å². The zero-order valence-electron chi connectivity index (χ0n) is 12.3. The molecule has 0 spiro atoms. The fourth-order valence-electron chi connectivity index (χ4n) is 2.39. The monoisotopic (exact) mass is 392 g/mol. The van der Waals surface area contributed by atoms with Crippen molar-refractivity contribution in [3.63, 3.8) is 0 Å². The Balaban J connectivity index is 1.93. The summed E-state index contributed by atoms with van der Waals surface area (Å²) in [5.74, 6) is -2.79. The quantitative estimate of drug-likeness (QED) is 0.851. The van der Waals surface area contributed by atoms with Gasteiger partial charge in [0.25, 0.3) is 5.91 Å². The van der Waals surface area contributed by atoms with Gasteiger partial charge in [-0.25, -0.2) is 0 Å². The highest BCUT2D eigenvalue weighted by atomic mass is 35.5. The first kappa shape index (κ1) is 17.6. The van der Waals surface area contributed by atoms with Crippen molar-refractivity contribution in [2.45, 2.75) is 12.7 Å². The van der Waals surface area contributed by atoms with Gasteiger partial charge in [-0.3, -0.25) is 14.3 Å². The average molecular weight is 393 g/mol. The lowest BCUT2D eigenvalue weighted by atomic mass is 10.2. The van der Waals surface area contributed by atoms with Gasteiger partial charge in [-0.15, -0.1) is 0 Å². The van der Waals surface area contributed by atoms with Crippen LogP contribution < -0.4 is 10.2 Å². The molecule has 0 saturated heterocycles. The third kappa shape index (κ3) is 3.29. The Bertz CT molecular complexity index is 866. The summed E-state index contributed by atoms with van der Waals surface area (Å²) in [7, 11) is 0. The van der Waals surface area contributed by atoms with E-state index >= 15 is 0 Å². The molecule has 2 heterocycles. The molecule has 132 valence electrons. The smallest absolute Gasteiger partial charge is 0.315 e. The minimum absolute atomic E-state index is 0.144. The average Bonchev–Trinajstić information content (AvgIpc) is 2.93. The predicted molar refractivity (Wildman–Crippen MR) is 85.1 cm³/mol. The molecule has 1 N–H and O–H groups in total. The molecule has 11 heteroatoms. The largest absolute Gasteiger partial charge is 0.471 e. The zero-order chi connectivity index (χ0) is 18.4. The van der Waals surface area contributed by atoms with Crippen molar-refractivity contribution in [1.29, 1.82) is 0 Å². The van der Waals surface area contributed by atoms with Crippen LogP contribution in [0.5, 0.6) is 0 Å². The third-order valence-corrected chi connectivity index (χ3v) is 4.28. The van der Waals surface area contributed by atoms with Crippen LogP contribution in [0, 0.1) is 0 Å². The number of benzene rings is 1. The molecule has 0 atom stereocenters. The Morgan fingerprint density at radius 1 is 1.20 bits per heavy atom. The molecule has 0 fully saturated rings. The first-order valence-corrected chi connectivity index (χ1v) is 7.65. The van der Waals surface area contributed by atoms with Crippen molar-refractivity contribution in [1.82, 2.24) is 9.78 Å². The van der Waals surface area contributed by atoms with Crippen molar-refractivity contribution >= 4 is 46.4 Å². The van der Waals surface area contributed by atoms with E-state index in [1.807, 2.05) is 0 Å². The van der Waals surface area contributed by atoms with Crippen LogP contribution in [0.1, 0.15) is 10.5 Å². The van der Waals surface area contributed by atoms with Crippen LogP contribution in [-0.2, 0) is 11.3 Å². The van der Waals surface area contributed by atoms with Gasteiger partial charge in [0.15, 0.2) is 0 Å². The number of nitrogens with one attached hydrogen (secondary N) is 1. The molecule has 0 radical (unpaired) electrons. The minimum atomic E-state index is -5.07. The van der Waals surface area contributed by atoms with Crippen LogP contribution in [0.2, 0.25) is 10.0 Å². The Labute approximate surface area is 149 Å². The van der Waals surface area contributed by atoms with Crippen LogP contribution in [0.15, 0.2) is 24.4 Å². The highest BCUT2D eigenvalue weighted by molar-refractivity contribution is 6.42. The normalized spacial score (nSPS) is 14.4. The van der Waals surface area contributed by atoms with E-state index in [4.69, 9.17) is 23.2 Å². The summed E-state index contributed by atoms with van der Waals surface area (Å²) in [5, 5.41) is 6.05. The highest BCUT2D eigenvalue weighted by Crippen LogP contribution is 2.31. The number of rotatable bonds is 2.